The first-order valence-corrected chi connectivity index (χ1v) is 8.43. The summed E-state index contributed by atoms with van der Waals surface area (Å²) in [6.07, 6.45) is -5.33. The summed E-state index contributed by atoms with van der Waals surface area (Å²) in [5.41, 5.74) is -3.58. The Morgan fingerprint density at radius 1 is 0.966 bits per heavy atom. The van der Waals surface area contributed by atoms with Gasteiger partial charge >= 0.3 is 23.9 Å². The van der Waals surface area contributed by atoms with Crippen LogP contribution in [-0.4, -0.2) is 37.6 Å². The second kappa shape index (κ2) is 9.18. The summed E-state index contributed by atoms with van der Waals surface area (Å²) in [7, 11) is 1.44. The van der Waals surface area contributed by atoms with Crippen LogP contribution in [0, 0.1) is 0 Å². The molecular formula is C19H19F3N2O5. The van der Waals surface area contributed by atoms with E-state index in [0.717, 1.165) is 0 Å². The smallest absolute Gasteiger partial charge is 0.460 e. The van der Waals surface area contributed by atoms with Gasteiger partial charge in [-0.05, 0) is 43.3 Å². The minimum absolute atomic E-state index is 0.169. The van der Waals surface area contributed by atoms with E-state index < -0.39 is 23.9 Å². The quantitative estimate of drug-likeness (QED) is 0.535. The topological polar surface area (TPSA) is 85.9 Å². The molecule has 0 aliphatic heterocycles. The van der Waals surface area contributed by atoms with Crippen molar-refractivity contribution in [2.45, 2.75) is 18.8 Å². The number of benzene rings is 2. The van der Waals surface area contributed by atoms with Crippen molar-refractivity contribution in [1.29, 1.82) is 0 Å². The zero-order valence-corrected chi connectivity index (χ0v) is 15.6. The highest BCUT2D eigenvalue weighted by Crippen LogP contribution is 2.34. The molecule has 0 fully saturated rings. The van der Waals surface area contributed by atoms with Crippen LogP contribution < -0.4 is 20.1 Å². The number of hydrogen-bond acceptors (Lipinski definition) is 5. The van der Waals surface area contributed by atoms with Crippen molar-refractivity contribution in [2.24, 2.45) is 0 Å². The van der Waals surface area contributed by atoms with Gasteiger partial charge in [0.25, 0.3) is 0 Å². The number of para-hydroxylation sites is 1. The van der Waals surface area contributed by atoms with Crippen LogP contribution >= 0.6 is 0 Å². The van der Waals surface area contributed by atoms with Crippen molar-refractivity contribution in [3.63, 3.8) is 0 Å². The molecule has 0 spiro atoms. The molecule has 0 radical (unpaired) electrons. The number of urea groups is 1. The molecule has 7 nitrogen and oxygen atoms in total. The van der Waals surface area contributed by atoms with Gasteiger partial charge in [-0.15, -0.1) is 0 Å². The number of nitrogens with one attached hydrogen (secondary N) is 2. The molecule has 1 atom stereocenters. The maximum Gasteiger partial charge on any atom is 0.460 e. The number of carbonyl (C=O) groups is 2. The predicted molar refractivity (Wildman–Crippen MR) is 97.6 cm³/mol. The first-order valence-electron chi connectivity index (χ1n) is 8.43. The normalized spacial score (nSPS) is 13.0. The van der Waals surface area contributed by atoms with Gasteiger partial charge in [0.05, 0.1) is 13.7 Å². The number of amides is 2. The molecule has 0 heterocycles. The van der Waals surface area contributed by atoms with Gasteiger partial charge in [-0.1, -0.05) is 18.2 Å². The number of ether oxygens (including phenoxy) is 3. The van der Waals surface area contributed by atoms with Gasteiger partial charge < -0.3 is 19.5 Å². The summed E-state index contributed by atoms with van der Waals surface area (Å²) in [6, 6.07) is 11.3. The summed E-state index contributed by atoms with van der Waals surface area (Å²) < 4.78 is 56.3. The molecule has 1 unspecified atom stereocenters. The number of esters is 1. The average Bonchev–Trinajstić information content (AvgIpc) is 2.68. The molecule has 2 aromatic rings. The number of carbonyl (C=O) groups excluding carboxylic acids is 2. The summed E-state index contributed by atoms with van der Waals surface area (Å²) in [6.45, 7) is 0.982. The highest BCUT2D eigenvalue weighted by molar-refractivity contribution is 5.94. The predicted octanol–water partition coefficient (Wildman–Crippen LogP) is 3.72. The minimum Gasteiger partial charge on any atom is -0.497 e. The zero-order chi connectivity index (χ0) is 21.5. The molecule has 156 valence electrons. The Kier molecular flexibility index (Phi) is 6.92. The summed E-state index contributed by atoms with van der Waals surface area (Å²) in [4.78, 5) is 24.5. The third-order valence-corrected chi connectivity index (χ3v) is 3.61. The number of anilines is 1. The van der Waals surface area contributed by atoms with E-state index >= 15 is 0 Å². The van der Waals surface area contributed by atoms with Crippen molar-refractivity contribution in [1.82, 2.24) is 5.32 Å². The van der Waals surface area contributed by atoms with Gasteiger partial charge in [0.1, 0.15) is 11.5 Å². The monoisotopic (exact) mass is 412 g/mol. The Bertz CT molecular complexity index is 828. The lowest BCUT2D eigenvalue weighted by Crippen LogP contribution is -2.69. The molecule has 29 heavy (non-hydrogen) atoms. The second-order valence-electron chi connectivity index (χ2n) is 5.62. The molecule has 0 aromatic heterocycles. The molecule has 0 saturated carbocycles. The Hall–Kier alpha value is -3.43. The maximum atomic E-state index is 13.9. The fraction of sp³-hybridized carbons (Fsp3) is 0.263. The van der Waals surface area contributed by atoms with Crippen molar-refractivity contribution < 1.29 is 37.0 Å². The van der Waals surface area contributed by atoms with Crippen LogP contribution in [0.15, 0.2) is 54.6 Å². The van der Waals surface area contributed by atoms with Crippen LogP contribution in [0.4, 0.5) is 23.7 Å². The Labute approximate surface area is 164 Å². The second-order valence-corrected chi connectivity index (χ2v) is 5.62. The third kappa shape index (κ3) is 5.31. The van der Waals surface area contributed by atoms with Crippen LogP contribution in [0.5, 0.6) is 11.5 Å². The van der Waals surface area contributed by atoms with E-state index in [0.29, 0.717) is 5.75 Å². The first-order chi connectivity index (χ1) is 13.7. The Morgan fingerprint density at radius 3 is 2.10 bits per heavy atom. The molecule has 0 saturated heterocycles. The van der Waals surface area contributed by atoms with Crippen molar-refractivity contribution in [2.75, 3.05) is 19.0 Å². The fourth-order valence-corrected chi connectivity index (χ4v) is 2.26. The average molecular weight is 412 g/mol. The number of alkyl halides is 3. The van der Waals surface area contributed by atoms with E-state index in [-0.39, 0.29) is 18.0 Å². The Morgan fingerprint density at radius 2 is 1.59 bits per heavy atom. The lowest BCUT2D eigenvalue weighted by atomic mass is 10.2. The maximum absolute atomic E-state index is 13.9. The van der Waals surface area contributed by atoms with Crippen LogP contribution in [-0.2, 0) is 9.53 Å². The highest BCUT2D eigenvalue weighted by Gasteiger charge is 2.66. The van der Waals surface area contributed by atoms with E-state index in [1.807, 2.05) is 0 Å². The molecular weight excluding hydrogens is 393 g/mol. The van der Waals surface area contributed by atoms with Gasteiger partial charge in [-0.3, -0.25) is 5.32 Å². The van der Waals surface area contributed by atoms with E-state index in [1.165, 1.54) is 62.6 Å². The summed E-state index contributed by atoms with van der Waals surface area (Å²) >= 11 is 0. The van der Waals surface area contributed by atoms with Crippen LogP contribution in [0.3, 0.4) is 0 Å². The minimum atomic E-state index is -5.33. The molecule has 0 aliphatic rings. The lowest BCUT2D eigenvalue weighted by Gasteiger charge is -2.33. The van der Waals surface area contributed by atoms with E-state index in [4.69, 9.17) is 9.47 Å². The molecule has 2 rings (SSSR count). The van der Waals surface area contributed by atoms with Crippen LogP contribution in [0.25, 0.3) is 0 Å². The molecule has 2 amide bonds. The van der Waals surface area contributed by atoms with Gasteiger partial charge in [0.2, 0.25) is 0 Å². The largest absolute Gasteiger partial charge is 0.497 e. The summed E-state index contributed by atoms with van der Waals surface area (Å²) in [5, 5.41) is 3.79. The zero-order valence-electron chi connectivity index (χ0n) is 15.6. The van der Waals surface area contributed by atoms with Crippen molar-refractivity contribution in [3.8, 4) is 11.5 Å². The fourth-order valence-electron chi connectivity index (χ4n) is 2.26. The number of rotatable bonds is 7. The van der Waals surface area contributed by atoms with Gasteiger partial charge in [-0.2, -0.15) is 13.2 Å². The van der Waals surface area contributed by atoms with Crippen molar-refractivity contribution in [3.05, 3.63) is 54.6 Å². The van der Waals surface area contributed by atoms with Crippen molar-refractivity contribution >= 4 is 17.7 Å². The lowest BCUT2D eigenvalue weighted by molar-refractivity contribution is -0.259. The van der Waals surface area contributed by atoms with E-state index in [9.17, 15) is 22.8 Å². The molecule has 0 aliphatic carbocycles. The SMILES string of the molecule is CCOC(=O)C(NC(=O)Nc1ccc(OC)cc1)(Oc1ccccc1)C(F)(F)F. The molecule has 2 aromatic carbocycles. The number of methoxy groups -OCH3 is 1. The number of hydrogen-bond donors (Lipinski definition) is 2. The van der Waals surface area contributed by atoms with Crippen LogP contribution in [0.1, 0.15) is 6.92 Å². The van der Waals surface area contributed by atoms with E-state index in [2.05, 4.69) is 10.1 Å². The molecule has 0 bridgehead atoms. The Balaban J connectivity index is 2.33. The van der Waals surface area contributed by atoms with Gasteiger partial charge in [0.15, 0.2) is 0 Å². The highest BCUT2D eigenvalue weighted by atomic mass is 19.4. The molecule has 10 heteroatoms. The first kappa shape index (κ1) is 21.9. The third-order valence-electron chi connectivity index (χ3n) is 3.61. The van der Waals surface area contributed by atoms with E-state index in [1.54, 1.807) is 11.4 Å². The standard InChI is InChI=1S/C19H19F3N2O5/c1-3-28-16(25)18(19(20,21)22,29-15-7-5-4-6-8-15)24-17(26)23-13-9-11-14(27-2)12-10-13/h4-12H,3H2,1-2H3,(H2,23,24,26). The van der Waals surface area contributed by atoms with Crippen LogP contribution in [0.2, 0.25) is 0 Å². The van der Waals surface area contributed by atoms with Gasteiger partial charge in [0, 0.05) is 5.69 Å². The van der Waals surface area contributed by atoms with Gasteiger partial charge in [-0.25, -0.2) is 9.59 Å². The number of halogens is 3. The molecule has 2 N–H and O–H groups in total. The summed E-state index contributed by atoms with van der Waals surface area (Å²) in [5.74, 6) is -1.61.